The number of rotatable bonds is 6. The molecule has 0 saturated carbocycles. The molecule has 0 fully saturated rings. The van der Waals surface area contributed by atoms with Gasteiger partial charge < -0.3 is 10.5 Å². The molecule has 1 rings (SSSR count). The van der Waals surface area contributed by atoms with Crippen LogP contribution in [0.15, 0.2) is 24.5 Å². The van der Waals surface area contributed by atoms with Gasteiger partial charge in [0.05, 0.1) is 0 Å². The number of ether oxygens (including phenoxy) is 1. The zero-order valence-electron chi connectivity index (χ0n) is 10.7. The summed E-state index contributed by atoms with van der Waals surface area (Å²) in [6, 6.07) is 3.97. The first-order valence-corrected chi connectivity index (χ1v) is 6.98. The van der Waals surface area contributed by atoms with Gasteiger partial charge in [0.1, 0.15) is 5.60 Å². The summed E-state index contributed by atoms with van der Waals surface area (Å²) in [5, 5.41) is 0.841. The minimum atomic E-state index is -0.727. The lowest BCUT2D eigenvalue weighted by molar-refractivity contribution is 0.0289. The van der Waals surface area contributed by atoms with Crippen LogP contribution in [-0.2, 0) is 11.2 Å². The van der Waals surface area contributed by atoms with Crippen molar-refractivity contribution in [2.45, 2.75) is 32.3 Å². The van der Waals surface area contributed by atoms with E-state index in [-0.39, 0.29) is 0 Å². The van der Waals surface area contributed by atoms with Crippen LogP contribution < -0.4 is 5.73 Å². The molecule has 2 N–H and O–H groups in total. The van der Waals surface area contributed by atoms with Crippen molar-refractivity contribution < 1.29 is 9.53 Å². The lowest BCUT2D eigenvalue weighted by Crippen LogP contribution is -2.34. The van der Waals surface area contributed by atoms with Crippen LogP contribution >= 0.6 is 15.9 Å². The predicted octanol–water partition coefficient (Wildman–Crippen LogP) is 2.90. The van der Waals surface area contributed by atoms with Gasteiger partial charge in [-0.1, -0.05) is 22.0 Å². The number of pyridine rings is 1. The highest BCUT2D eigenvalue weighted by atomic mass is 79.9. The average Bonchev–Trinajstić information content (AvgIpc) is 2.27. The molecule has 0 aliphatic rings. The molecule has 1 heterocycles. The third-order valence-corrected chi connectivity index (χ3v) is 3.54. The molecule has 0 saturated heterocycles. The van der Waals surface area contributed by atoms with E-state index < -0.39 is 11.7 Å². The van der Waals surface area contributed by atoms with Crippen molar-refractivity contribution in [3.63, 3.8) is 0 Å². The SMILES string of the molecule is CC(C)(CC(CBr)Cc1cccnc1)OC(N)=O. The van der Waals surface area contributed by atoms with Crippen LogP contribution in [0.25, 0.3) is 0 Å². The van der Waals surface area contributed by atoms with Crippen LogP contribution in [0.2, 0.25) is 0 Å². The molecule has 0 spiro atoms. The van der Waals surface area contributed by atoms with Crippen LogP contribution in [-0.4, -0.2) is 22.0 Å². The molecule has 0 radical (unpaired) electrons. The van der Waals surface area contributed by atoms with Crippen molar-refractivity contribution in [2.75, 3.05) is 5.33 Å². The molecule has 100 valence electrons. The van der Waals surface area contributed by atoms with Gasteiger partial charge in [-0.05, 0) is 44.2 Å². The summed E-state index contributed by atoms with van der Waals surface area (Å²) < 4.78 is 5.11. The second-order valence-corrected chi connectivity index (χ2v) is 5.62. The number of nitrogens with two attached hydrogens (primary N) is 1. The van der Waals surface area contributed by atoms with Gasteiger partial charge in [-0.3, -0.25) is 4.98 Å². The van der Waals surface area contributed by atoms with E-state index >= 15 is 0 Å². The summed E-state index contributed by atoms with van der Waals surface area (Å²) in [5.41, 5.74) is 5.69. The van der Waals surface area contributed by atoms with Gasteiger partial charge in [0, 0.05) is 17.7 Å². The maximum atomic E-state index is 10.8. The summed E-state index contributed by atoms with van der Waals surface area (Å²) in [4.78, 5) is 14.9. The molecule has 0 aromatic carbocycles. The normalized spacial score (nSPS) is 13.1. The lowest BCUT2D eigenvalue weighted by Gasteiger charge is -2.28. The fourth-order valence-electron chi connectivity index (χ4n) is 2.04. The molecule has 1 unspecified atom stereocenters. The monoisotopic (exact) mass is 314 g/mol. The second kappa shape index (κ2) is 6.73. The van der Waals surface area contributed by atoms with E-state index in [0.29, 0.717) is 5.92 Å². The smallest absolute Gasteiger partial charge is 0.405 e. The Balaban J connectivity index is 2.59. The van der Waals surface area contributed by atoms with Crippen LogP contribution in [0.1, 0.15) is 25.8 Å². The molecule has 1 aromatic rings. The van der Waals surface area contributed by atoms with Crippen LogP contribution in [0.3, 0.4) is 0 Å². The van der Waals surface area contributed by atoms with E-state index in [2.05, 4.69) is 20.9 Å². The molecule has 1 atom stereocenters. The van der Waals surface area contributed by atoms with E-state index in [4.69, 9.17) is 10.5 Å². The quantitative estimate of drug-likeness (QED) is 0.821. The van der Waals surface area contributed by atoms with Gasteiger partial charge >= 0.3 is 6.09 Å². The Kier molecular flexibility index (Phi) is 5.59. The molecule has 5 heteroatoms. The predicted molar refractivity (Wildman–Crippen MR) is 74.6 cm³/mol. The van der Waals surface area contributed by atoms with Crippen molar-refractivity contribution in [3.05, 3.63) is 30.1 Å². The van der Waals surface area contributed by atoms with Crippen molar-refractivity contribution >= 4 is 22.0 Å². The Morgan fingerprint density at radius 1 is 1.61 bits per heavy atom. The van der Waals surface area contributed by atoms with Crippen molar-refractivity contribution in [1.82, 2.24) is 4.98 Å². The highest BCUT2D eigenvalue weighted by Crippen LogP contribution is 2.24. The maximum absolute atomic E-state index is 10.8. The standard InChI is InChI=1S/C13H19BrN2O2/c1-13(2,18-12(15)17)7-11(8-14)6-10-4-3-5-16-9-10/h3-5,9,11H,6-8H2,1-2H3,(H2,15,17). The van der Waals surface area contributed by atoms with Gasteiger partial charge in [-0.2, -0.15) is 0 Å². The second-order valence-electron chi connectivity index (χ2n) is 4.97. The zero-order valence-corrected chi connectivity index (χ0v) is 12.3. The number of nitrogens with zero attached hydrogens (tertiary/aromatic N) is 1. The lowest BCUT2D eigenvalue weighted by atomic mass is 9.90. The Morgan fingerprint density at radius 2 is 2.33 bits per heavy atom. The Labute approximate surface area is 116 Å². The Bertz CT molecular complexity index is 382. The minimum absolute atomic E-state index is 0.364. The fraction of sp³-hybridized carbons (Fsp3) is 0.538. The minimum Gasteiger partial charge on any atom is -0.444 e. The van der Waals surface area contributed by atoms with Crippen LogP contribution in [0, 0.1) is 5.92 Å². The number of amides is 1. The number of hydrogen-bond acceptors (Lipinski definition) is 3. The van der Waals surface area contributed by atoms with Gasteiger partial charge in [0.15, 0.2) is 0 Å². The summed E-state index contributed by atoms with van der Waals surface area (Å²) in [7, 11) is 0. The van der Waals surface area contributed by atoms with E-state index in [0.717, 1.165) is 18.2 Å². The van der Waals surface area contributed by atoms with Crippen molar-refractivity contribution in [2.24, 2.45) is 11.7 Å². The van der Waals surface area contributed by atoms with Gasteiger partial charge in [-0.25, -0.2) is 4.79 Å². The zero-order chi connectivity index (χ0) is 13.6. The molecule has 0 aliphatic carbocycles. The number of aromatic nitrogens is 1. The average molecular weight is 315 g/mol. The molecule has 0 aliphatic heterocycles. The van der Waals surface area contributed by atoms with Crippen LogP contribution in [0.5, 0.6) is 0 Å². The number of primary amides is 1. The van der Waals surface area contributed by atoms with E-state index in [1.807, 2.05) is 32.2 Å². The first kappa shape index (κ1) is 15.0. The molecular formula is C13H19BrN2O2. The van der Waals surface area contributed by atoms with Gasteiger partial charge in [0.25, 0.3) is 0 Å². The molecule has 1 aromatic heterocycles. The van der Waals surface area contributed by atoms with E-state index in [1.165, 1.54) is 5.56 Å². The molecule has 18 heavy (non-hydrogen) atoms. The maximum Gasteiger partial charge on any atom is 0.405 e. The van der Waals surface area contributed by atoms with Gasteiger partial charge in [0.2, 0.25) is 0 Å². The Hall–Kier alpha value is -1.10. The van der Waals surface area contributed by atoms with Crippen molar-refractivity contribution in [3.8, 4) is 0 Å². The number of carbonyl (C=O) groups excluding carboxylic acids is 1. The fourth-order valence-corrected chi connectivity index (χ4v) is 2.50. The first-order chi connectivity index (χ1) is 8.43. The summed E-state index contributed by atoms with van der Waals surface area (Å²) >= 11 is 3.50. The highest BCUT2D eigenvalue weighted by Gasteiger charge is 2.26. The summed E-state index contributed by atoms with van der Waals surface area (Å²) in [5.74, 6) is 0.364. The number of hydrogen-bond donors (Lipinski definition) is 1. The summed E-state index contributed by atoms with van der Waals surface area (Å²) in [6.07, 6.45) is 4.53. The van der Waals surface area contributed by atoms with Crippen molar-refractivity contribution in [1.29, 1.82) is 0 Å². The largest absolute Gasteiger partial charge is 0.444 e. The third-order valence-electron chi connectivity index (χ3n) is 2.62. The topological polar surface area (TPSA) is 65.2 Å². The molecule has 1 amide bonds. The summed E-state index contributed by atoms with van der Waals surface area (Å²) in [6.45, 7) is 3.74. The number of halogens is 1. The molecule has 4 nitrogen and oxygen atoms in total. The number of carbonyl (C=O) groups is 1. The van der Waals surface area contributed by atoms with E-state index in [9.17, 15) is 4.79 Å². The Morgan fingerprint density at radius 3 is 2.83 bits per heavy atom. The molecular weight excluding hydrogens is 296 g/mol. The highest BCUT2D eigenvalue weighted by molar-refractivity contribution is 9.09. The number of alkyl halides is 1. The third kappa shape index (κ3) is 5.49. The first-order valence-electron chi connectivity index (χ1n) is 5.86. The van der Waals surface area contributed by atoms with E-state index in [1.54, 1.807) is 6.20 Å². The van der Waals surface area contributed by atoms with Crippen LogP contribution in [0.4, 0.5) is 4.79 Å². The van der Waals surface area contributed by atoms with Gasteiger partial charge in [-0.15, -0.1) is 0 Å². The molecule has 0 bridgehead atoms.